The van der Waals surface area contributed by atoms with Gasteiger partial charge in [-0.1, -0.05) is 17.7 Å². The predicted octanol–water partition coefficient (Wildman–Crippen LogP) is 5.33. The molecule has 0 saturated heterocycles. The number of carbonyl (C=O) groups excluding carboxylic acids is 1. The van der Waals surface area contributed by atoms with Crippen molar-refractivity contribution < 1.29 is 27.1 Å². The number of aromatic nitrogens is 4. The molecule has 0 saturated carbocycles. The third-order valence-corrected chi connectivity index (χ3v) is 5.34. The van der Waals surface area contributed by atoms with Crippen molar-refractivity contribution in [2.75, 3.05) is 7.11 Å². The third-order valence-electron chi connectivity index (χ3n) is 5.11. The lowest BCUT2D eigenvalue weighted by atomic mass is 10.1. The van der Waals surface area contributed by atoms with Gasteiger partial charge in [-0.15, -0.1) is 0 Å². The van der Waals surface area contributed by atoms with Gasteiger partial charge in [-0.25, -0.2) is 9.38 Å². The van der Waals surface area contributed by atoms with Gasteiger partial charge in [-0.2, -0.15) is 23.4 Å². The van der Waals surface area contributed by atoms with E-state index in [0.717, 1.165) is 10.9 Å². The Morgan fingerprint density at radius 2 is 2.00 bits per heavy atom. The summed E-state index contributed by atoms with van der Waals surface area (Å²) in [5.74, 6) is -1.53. The molecule has 0 aliphatic heterocycles. The van der Waals surface area contributed by atoms with E-state index in [-0.39, 0.29) is 18.0 Å². The van der Waals surface area contributed by atoms with E-state index in [2.05, 4.69) is 25.6 Å². The fraction of sp³-hybridized carbons (Fsp3) is 0.167. The maximum atomic E-state index is 14.1. The first kappa shape index (κ1) is 25.9. The van der Waals surface area contributed by atoms with Gasteiger partial charge in [-0.3, -0.25) is 14.6 Å². The number of aryl methyl sites for hydroxylation is 1. The number of aromatic amines is 1. The number of nitrogens with one attached hydrogen (secondary N) is 2. The molecule has 4 rings (SSSR count). The van der Waals surface area contributed by atoms with Crippen molar-refractivity contribution in [2.45, 2.75) is 12.6 Å². The van der Waals surface area contributed by atoms with E-state index in [9.17, 15) is 22.4 Å². The fourth-order valence-electron chi connectivity index (χ4n) is 3.48. The summed E-state index contributed by atoms with van der Waals surface area (Å²) < 4.78 is 60.1. The minimum atomic E-state index is -4.83. The summed E-state index contributed by atoms with van der Waals surface area (Å²) in [5, 5.41) is 13.1. The zero-order valence-electron chi connectivity index (χ0n) is 19.4. The van der Waals surface area contributed by atoms with Gasteiger partial charge in [0.2, 0.25) is 0 Å². The lowest BCUT2D eigenvalue weighted by Gasteiger charge is -2.10. The molecule has 2 aromatic heterocycles. The topological polar surface area (TPSA) is 97.2 Å². The Morgan fingerprint density at radius 1 is 1.22 bits per heavy atom. The summed E-state index contributed by atoms with van der Waals surface area (Å²) in [6.07, 6.45) is -3.91. The van der Waals surface area contributed by atoms with E-state index >= 15 is 0 Å². The summed E-state index contributed by atoms with van der Waals surface area (Å²) in [6.45, 7) is 0. The molecule has 2 aromatic carbocycles. The summed E-state index contributed by atoms with van der Waals surface area (Å²) in [6, 6.07) is 12.3. The van der Waals surface area contributed by atoms with Crippen molar-refractivity contribution in [1.82, 2.24) is 25.3 Å². The van der Waals surface area contributed by atoms with Crippen molar-refractivity contribution in [3.63, 3.8) is 0 Å². The van der Waals surface area contributed by atoms with Crippen LogP contribution < -0.4 is 10.1 Å². The predicted molar refractivity (Wildman–Crippen MR) is 128 cm³/mol. The minimum absolute atomic E-state index is 0.0142. The molecular weight excluding hydrogens is 516 g/mol. The number of hydrogen-bond acceptors (Lipinski definition) is 5. The van der Waals surface area contributed by atoms with Crippen LogP contribution in [0.2, 0.25) is 5.02 Å². The van der Waals surface area contributed by atoms with Crippen LogP contribution in [0, 0.1) is 5.82 Å². The van der Waals surface area contributed by atoms with Gasteiger partial charge in [-0.05, 0) is 42.5 Å². The summed E-state index contributed by atoms with van der Waals surface area (Å²) in [5.41, 5.74) is -0.302. The Hall–Kier alpha value is -4.19. The van der Waals surface area contributed by atoms with E-state index in [1.807, 2.05) is 0 Å². The van der Waals surface area contributed by atoms with Crippen LogP contribution in [0.15, 0.2) is 59.7 Å². The number of carbonyl (C=O) groups is 1. The molecule has 8 nitrogen and oxygen atoms in total. The van der Waals surface area contributed by atoms with E-state index in [4.69, 9.17) is 16.3 Å². The van der Waals surface area contributed by atoms with Gasteiger partial charge in [0, 0.05) is 35.9 Å². The second kappa shape index (κ2) is 10.4. The van der Waals surface area contributed by atoms with E-state index in [0.29, 0.717) is 27.7 Å². The van der Waals surface area contributed by atoms with Gasteiger partial charge < -0.3 is 10.1 Å². The van der Waals surface area contributed by atoms with Gasteiger partial charge >= 0.3 is 6.18 Å². The van der Waals surface area contributed by atoms with Crippen molar-refractivity contribution in [2.24, 2.45) is 12.0 Å². The zero-order chi connectivity index (χ0) is 26.7. The first-order chi connectivity index (χ1) is 17.5. The van der Waals surface area contributed by atoms with Crippen LogP contribution in [-0.2, 0) is 19.6 Å². The Kier molecular flexibility index (Phi) is 7.30. The standard InChI is InChI=1S/C24H19ClF4N6O2/c1-35-12-17(22(34-35)24(27,28)29)23(36)31-21(30-15-5-3-4-14(25)9-15)11-16-10-19(33-32-16)13-6-7-20(37-2)18(26)8-13/h3-10,12H,11H2,1-2H3,(H,32,33)(H,30,31,36). The molecule has 4 aromatic rings. The molecule has 0 spiro atoms. The van der Waals surface area contributed by atoms with Crippen LogP contribution in [-0.4, -0.2) is 38.8 Å². The normalized spacial score (nSPS) is 12.0. The molecular formula is C24H19ClF4N6O2. The average Bonchev–Trinajstić information content (AvgIpc) is 3.45. The molecule has 192 valence electrons. The number of amidine groups is 1. The number of methoxy groups -OCH3 is 1. The van der Waals surface area contributed by atoms with E-state index in [1.165, 1.54) is 32.4 Å². The maximum absolute atomic E-state index is 14.1. The molecule has 0 unspecified atom stereocenters. The fourth-order valence-corrected chi connectivity index (χ4v) is 3.67. The van der Waals surface area contributed by atoms with Crippen LogP contribution in [0.4, 0.5) is 23.2 Å². The molecule has 0 bridgehead atoms. The second-order valence-corrected chi connectivity index (χ2v) is 8.30. The number of alkyl halides is 3. The molecule has 37 heavy (non-hydrogen) atoms. The zero-order valence-corrected chi connectivity index (χ0v) is 20.2. The molecule has 0 aliphatic rings. The molecule has 0 radical (unpaired) electrons. The van der Waals surface area contributed by atoms with E-state index < -0.39 is 29.2 Å². The number of amides is 1. The van der Waals surface area contributed by atoms with Crippen molar-refractivity contribution in [3.05, 3.63) is 82.5 Å². The molecule has 0 fully saturated rings. The number of H-pyrrole nitrogens is 1. The van der Waals surface area contributed by atoms with Gasteiger partial charge in [0.15, 0.2) is 17.3 Å². The minimum Gasteiger partial charge on any atom is -0.494 e. The largest absolute Gasteiger partial charge is 0.494 e. The van der Waals surface area contributed by atoms with Crippen LogP contribution in [0.3, 0.4) is 0 Å². The first-order valence-electron chi connectivity index (χ1n) is 10.7. The number of hydrogen-bond donors (Lipinski definition) is 2. The summed E-state index contributed by atoms with van der Waals surface area (Å²) in [7, 11) is 2.63. The van der Waals surface area contributed by atoms with Crippen molar-refractivity contribution in [3.8, 4) is 17.0 Å². The van der Waals surface area contributed by atoms with Crippen molar-refractivity contribution in [1.29, 1.82) is 0 Å². The lowest BCUT2D eigenvalue weighted by Crippen LogP contribution is -2.33. The second-order valence-electron chi connectivity index (χ2n) is 7.86. The SMILES string of the molecule is COc1ccc(-c2cc(CC(=Nc3cccc(Cl)c3)NC(=O)c3cn(C)nc3C(F)(F)F)[nH]n2)cc1F. The molecule has 0 atom stereocenters. The lowest BCUT2D eigenvalue weighted by molar-refractivity contribution is -0.141. The third kappa shape index (κ3) is 6.15. The number of benzene rings is 2. The van der Waals surface area contributed by atoms with Gasteiger partial charge in [0.25, 0.3) is 5.91 Å². The Morgan fingerprint density at radius 3 is 2.68 bits per heavy atom. The Bertz CT molecular complexity index is 1480. The monoisotopic (exact) mass is 534 g/mol. The molecule has 0 aliphatic carbocycles. The number of halogens is 5. The van der Waals surface area contributed by atoms with Gasteiger partial charge in [0.05, 0.1) is 24.1 Å². The van der Waals surface area contributed by atoms with Gasteiger partial charge in [0.1, 0.15) is 5.84 Å². The highest BCUT2D eigenvalue weighted by molar-refractivity contribution is 6.30. The van der Waals surface area contributed by atoms with Crippen LogP contribution in [0.25, 0.3) is 11.3 Å². The number of nitrogens with zero attached hydrogens (tertiary/aromatic N) is 4. The molecule has 2 heterocycles. The quantitative estimate of drug-likeness (QED) is 0.198. The molecule has 2 N–H and O–H groups in total. The number of rotatable bonds is 6. The number of ether oxygens (including phenoxy) is 1. The maximum Gasteiger partial charge on any atom is 0.435 e. The van der Waals surface area contributed by atoms with Crippen molar-refractivity contribution >= 4 is 29.0 Å². The molecule has 13 heteroatoms. The highest BCUT2D eigenvalue weighted by Gasteiger charge is 2.39. The molecule has 1 amide bonds. The van der Waals surface area contributed by atoms with Crippen LogP contribution in [0.5, 0.6) is 5.75 Å². The summed E-state index contributed by atoms with van der Waals surface area (Å²) >= 11 is 6.02. The Balaban J connectivity index is 1.64. The highest BCUT2D eigenvalue weighted by atomic mass is 35.5. The van der Waals surface area contributed by atoms with E-state index in [1.54, 1.807) is 30.3 Å². The smallest absolute Gasteiger partial charge is 0.435 e. The van der Waals surface area contributed by atoms with Crippen LogP contribution in [0.1, 0.15) is 21.7 Å². The van der Waals surface area contributed by atoms with Crippen LogP contribution >= 0.6 is 11.6 Å². The average molecular weight is 535 g/mol. The number of aliphatic imine (C=N–C) groups is 1. The highest BCUT2D eigenvalue weighted by Crippen LogP contribution is 2.30. The Labute approximate surface area is 212 Å². The first-order valence-corrected chi connectivity index (χ1v) is 11.0. The summed E-state index contributed by atoms with van der Waals surface area (Å²) in [4.78, 5) is 17.2.